The third kappa shape index (κ3) is 3.04. The molecule has 7 heteroatoms. The Balaban J connectivity index is 1.45. The standard InChI is InChI=1S/C21H15ClN6/c22-15-7-8-18-17(10-15)19-20(25-18)26-21(28-27-19)24-12-14-4-1-2-6-16(14)13-5-3-9-23-11-13/h1-11H,12H2,(H2,24,25,26,28). The number of aromatic amines is 1. The molecule has 0 saturated carbocycles. The summed E-state index contributed by atoms with van der Waals surface area (Å²) in [5.74, 6) is 0.464. The second-order valence-corrected chi connectivity index (χ2v) is 6.84. The van der Waals surface area contributed by atoms with E-state index in [1.165, 1.54) is 0 Å². The fraction of sp³-hybridized carbons (Fsp3) is 0.0476. The molecule has 0 aliphatic carbocycles. The number of pyridine rings is 1. The third-order valence-corrected chi connectivity index (χ3v) is 4.84. The number of nitrogens with one attached hydrogen (secondary N) is 2. The van der Waals surface area contributed by atoms with Gasteiger partial charge in [0.2, 0.25) is 5.95 Å². The summed E-state index contributed by atoms with van der Waals surface area (Å²) in [6.07, 6.45) is 3.63. The van der Waals surface area contributed by atoms with E-state index in [0.29, 0.717) is 28.7 Å². The zero-order valence-electron chi connectivity index (χ0n) is 14.7. The molecule has 2 aromatic carbocycles. The molecule has 5 rings (SSSR count). The van der Waals surface area contributed by atoms with Gasteiger partial charge < -0.3 is 10.3 Å². The van der Waals surface area contributed by atoms with Crippen LogP contribution >= 0.6 is 11.6 Å². The number of halogens is 1. The number of rotatable bonds is 4. The second-order valence-electron chi connectivity index (χ2n) is 6.40. The van der Waals surface area contributed by atoms with E-state index in [-0.39, 0.29) is 0 Å². The summed E-state index contributed by atoms with van der Waals surface area (Å²) in [7, 11) is 0. The lowest BCUT2D eigenvalue weighted by molar-refractivity contribution is 0.983. The van der Waals surface area contributed by atoms with Crippen LogP contribution in [0.1, 0.15) is 5.56 Å². The quantitative estimate of drug-likeness (QED) is 0.462. The van der Waals surface area contributed by atoms with Gasteiger partial charge in [0.25, 0.3) is 0 Å². The van der Waals surface area contributed by atoms with E-state index >= 15 is 0 Å². The molecule has 5 aromatic rings. The first-order chi connectivity index (χ1) is 13.8. The van der Waals surface area contributed by atoms with E-state index in [1.807, 2.05) is 48.7 Å². The van der Waals surface area contributed by atoms with Crippen LogP contribution in [0.4, 0.5) is 5.95 Å². The summed E-state index contributed by atoms with van der Waals surface area (Å²) in [5.41, 5.74) is 5.64. The van der Waals surface area contributed by atoms with E-state index in [1.54, 1.807) is 6.20 Å². The van der Waals surface area contributed by atoms with Crippen LogP contribution in [0.2, 0.25) is 5.02 Å². The lowest BCUT2D eigenvalue weighted by atomic mass is 10.0. The first-order valence-electron chi connectivity index (χ1n) is 8.82. The van der Waals surface area contributed by atoms with Gasteiger partial charge in [-0.15, -0.1) is 10.2 Å². The van der Waals surface area contributed by atoms with E-state index in [0.717, 1.165) is 27.6 Å². The van der Waals surface area contributed by atoms with E-state index in [4.69, 9.17) is 11.6 Å². The zero-order chi connectivity index (χ0) is 18.9. The molecule has 0 spiro atoms. The van der Waals surface area contributed by atoms with Crippen molar-refractivity contribution < 1.29 is 0 Å². The van der Waals surface area contributed by atoms with Crippen molar-refractivity contribution in [1.82, 2.24) is 25.1 Å². The molecule has 3 heterocycles. The normalized spacial score (nSPS) is 11.2. The first-order valence-corrected chi connectivity index (χ1v) is 9.19. The minimum atomic E-state index is 0.464. The van der Waals surface area contributed by atoms with Crippen molar-refractivity contribution in [3.8, 4) is 11.1 Å². The molecule has 0 atom stereocenters. The van der Waals surface area contributed by atoms with Crippen LogP contribution in [-0.2, 0) is 6.54 Å². The molecule has 0 aliphatic rings. The predicted molar refractivity (Wildman–Crippen MR) is 111 cm³/mol. The van der Waals surface area contributed by atoms with Crippen LogP contribution in [0, 0.1) is 0 Å². The Morgan fingerprint density at radius 2 is 1.93 bits per heavy atom. The highest BCUT2D eigenvalue weighted by atomic mass is 35.5. The highest BCUT2D eigenvalue weighted by Gasteiger charge is 2.10. The number of aromatic nitrogens is 5. The van der Waals surface area contributed by atoms with Gasteiger partial charge in [-0.3, -0.25) is 4.98 Å². The smallest absolute Gasteiger partial charge is 0.245 e. The van der Waals surface area contributed by atoms with Gasteiger partial charge in [-0.25, -0.2) is 0 Å². The average Bonchev–Trinajstić information content (AvgIpc) is 3.10. The number of nitrogens with zero attached hydrogens (tertiary/aromatic N) is 4. The van der Waals surface area contributed by atoms with E-state index in [9.17, 15) is 0 Å². The number of benzene rings is 2. The number of anilines is 1. The van der Waals surface area contributed by atoms with Crippen LogP contribution in [0.5, 0.6) is 0 Å². The lowest BCUT2D eigenvalue weighted by Crippen LogP contribution is -2.06. The summed E-state index contributed by atoms with van der Waals surface area (Å²) in [6, 6.07) is 17.8. The Bertz CT molecular complexity index is 1280. The summed E-state index contributed by atoms with van der Waals surface area (Å²) in [4.78, 5) is 12.0. The Kier molecular flexibility index (Phi) is 4.10. The SMILES string of the molecule is Clc1ccc2[nH]c3nc(NCc4ccccc4-c4cccnc4)nnc3c2c1. The fourth-order valence-corrected chi connectivity index (χ4v) is 3.44. The van der Waals surface area contributed by atoms with Gasteiger partial charge in [0.1, 0.15) is 5.52 Å². The second kappa shape index (κ2) is 6.90. The number of fused-ring (bicyclic) bond motifs is 3. The molecular weight excluding hydrogens is 372 g/mol. The topological polar surface area (TPSA) is 79.4 Å². The molecule has 3 aromatic heterocycles. The molecule has 0 amide bonds. The van der Waals surface area contributed by atoms with Gasteiger partial charge in [0.05, 0.1) is 0 Å². The maximum Gasteiger partial charge on any atom is 0.245 e. The molecule has 0 bridgehead atoms. The molecule has 0 saturated heterocycles. The molecule has 136 valence electrons. The van der Waals surface area contributed by atoms with Gasteiger partial charge >= 0.3 is 0 Å². The van der Waals surface area contributed by atoms with Crippen molar-refractivity contribution >= 4 is 39.6 Å². The van der Waals surface area contributed by atoms with Crippen molar-refractivity contribution in [2.24, 2.45) is 0 Å². The molecule has 0 fully saturated rings. The van der Waals surface area contributed by atoms with Crippen LogP contribution in [0.3, 0.4) is 0 Å². The maximum absolute atomic E-state index is 6.09. The minimum absolute atomic E-state index is 0.464. The summed E-state index contributed by atoms with van der Waals surface area (Å²) < 4.78 is 0. The number of hydrogen-bond acceptors (Lipinski definition) is 5. The van der Waals surface area contributed by atoms with Gasteiger partial charge in [-0.2, -0.15) is 4.98 Å². The van der Waals surface area contributed by atoms with Gasteiger partial charge in [-0.05, 0) is 35.4 Å². The Hall–Kier alpha value is -3.51. The van der Waals surface area contributed by atoms with Gasteiger partial charge in [0, 0.05) is 40.4 Å². The largest absolute Gasteiger partial charge is 0.349 e. The monoisotopic (exact) mass is 386 g/mol. The van der Waals surface area contributed by atoms with E-state index in [2.05, 4.69) is 42.6 Å². The predicted octanol–water partition coefficient (Wildman–Crippen LogP) is 4.83. The lowest BCUT2D eigenvalue weighted by Gasteiger charge is -2.10. The molecule has 2 N–H and O–H groups in total. The molecule has 0 unspecified atom stereocenters. The van der Waals surface area contributed by atoms with Crippen LogP contribution in [0.15, 0.2) is 67.0 Å². The molecule has 0 aliphatic heterocycles. The molecular formula is C21H15ClN6. The van der Waals surface area contributed by atoms with Crippen molar-refractivity contribution in [3.05, 3.63) is 77.6 Å². The average molecular weight is 387 g/mol. The Labute approximate surface area is 165 Å². The van der Waals surface area contributed by atoms with Crippen LogP contribution in [0.25, 0.3) is 33.2 Å². The van der Waals surface area contributed by atoms with Gasteiger partial charge in [-0.1, -0.05) is 41.9 Å². The maximum atomic E-state index is 6.09. The van der Waals surface area contributed by atoms with Crippen LogP contribution < -0.4 is 5.32 Å². The van der Waals surface area contributed by atoms with Crippen molar-refractivity contribution in [2.45, 2.75) is 6.54 Å². The fourth-order valence-electron chi connectivity index (χ4n) is 3.27. The zero-order valence-corrected chi connectivity index (χ0v) is 15.5. The Morgan fingerprint density at radius 3 is 2.82 bits per heavy atom. The summed E-state index contributed by atoms with van der Waals surface area (Å²) in [5, 5.41) is 13.4. The van der Waals surface area contributed by atoms with Crippen LogP contribution in [-0.4, -0.2) is 25.1 Å². The van der Waals surface area contributed by atoms with Crippen molar-refractivity contribution in [2.75, 3.05) is 5.32 Å². The molecule has 28 heavy (non-hydrogen) atoms. The van der Waals surface area contributed by atoms with Crippen molar-refractivity contribution in [1.29, 1.82) is 0 Å². The molecule has 6 nitrogen and oxygen atoms in total. The van der Waals surface area contributed by atoms with E-state index < -0.39 is 0 Å². The first kappa shape index (κ1) is 16.6. The molecule has 0 radical (unpaired) electrons. The number of hydrogen-bond donors (Lipinski definition) is 2. The number of H-pyrrole nitrogens is 1. The van der Waals surface area contributed by atoms with Crippen molar-refractivity contribution in [3.63, 3.8) is 0 Å². The summed E-state index contributed by atoms with van der Waals surface area (Å²) in [6.45, 7) is 0.574. The highest BCUT2D eigenvalue weighted by Crippen LogP contribution is 2.26. The summed E-state index contributed by atoms with van der Waals surface area (Å²) >= 11 is 6.09. The third-order valence-electron chi connectivity index (χ3n) is 4.60. The van der Waals surface area contributed by atoms with Gasteiger partial charge in [0.15, 0.2) is 5.65 Å². The Morgan fingerprint density at radius 1 is 1.00 bits per heavy atom. The highest BCUT2D eigenvalue weighted by molar-refractivity contribution is 6.31. The minimum Gasteiger partial charge on any atom is -0.349 e.